The van der Waals surface area contributed by atoms with Crippen LogP contribution in [0.3, 0.4) is 0 Å². The molecular weight excluding hydrogens is 301 g/mol. The maximum absolute atomic E-state index is 11.7. The number of urea groups is 1. The Balaban J connectivity index is 3.88. The molecule has 0 unspecified atom stereocenters. The molecule has 1 N–H and O–H groups in total. The lowest BCUT2D eigenvalue weighted by atomic mass is 10.2. The highest BCUT2D eigenvalue weighted by Gasteiger charge is 2.12. The molecule has 0 heterocycles. The van der Waals surface area contributed by atoms with E-state index in [0.29, 0.717) is 24.8 Å². The quantitative estimate of drug-likeness (QED) is 0.238. The van der Waals surface area contributed by atoms with Crippen molar-refractivity contribution in [1.82, 2.24) is 10.3 Å². The molecule has 0 saturated carbocycles. The number of halogens is 2. The van der Waals surface area contributed by atoms with Gasteiger partial charge in [-0.05, 0) is 25.7 Å². The summed E-state index contributed by atoms with van der Waals surface area (Å²) in [5.74, 6) is 1.36. The van der Waals surface area contributed by atoms with Crippen LogP contribution in [0.4, 0.5) is 4.79 Å². The van der Waals surface area contributed by atoms with E-state index in [0.717, 1.165) is 51.4 Å². The summed E-state index contributed by atoms with van der Waals surface area (Å²) in [5.41, 5.74) is 1.96. The summed E-state index contributed by atoms with van der Waals surface area (Å²) in [6, 6.07) is -0.408. The summed E-state index contributed by atoms with van der Waals surface area (Å²) in [5, 5.41) is 2.45. The summed E-state index contributed by atoms with van der Waals surface area (Å²) in [7, 11) is 0. The molecule has 20 heavy (non-hydrogen) atoms. The average molecular weight is 326 g/mol. The summed E-state index contributed by atoms with van der Waals surface area (Å²) in [6.45, 7) is 1.30. The highest BCUT2D eigenvalue weighted by molar-refractivity contribution is 6.18. The molecule has 0 aromatic heterocycles. The summed E-state index contributed by atoms with van der Waals surface area (Å²) >= 11 is 11.2. The van der Waals surface area contributed by atoms with Crippen LogP contribution in [0.25, 0.3) is 0 Å². The van der Waals surface area contributed by atoms with Crippen LogP contribution in [0.15, 0.2) is 5.29 Å². The van der Waals surface area contributed by atoms with Crippen LogP contribution in [-0.2, 0) is 0 Å². The van der Waals surface area contributed by atoms with Gasteiger partial charge in [-0.3, -0.25) is 0 Å². The van der Waals surface area contributed by atoms with E-state index in [-0.39, 0.29) is 0 Å². The van der Waals surface area contributed by atoms with E-state index in [1.54, 1.807) is 4.90 Å². The lowest BCUT2D eigenvalue weighted by Crippen LogP contribution is -2.38. The molecule has 0 aromatic rings. The molecule has 2 amide bonds. The highest BCUT2D eigenvalue weighted by atomic mass is 35.5. The van der Waals surface area contributed by atoms with Crippen LogP contribution in [0, 0.1) is 4.91 Å². The summed E-state index contributed by atoms with van der Waals surface area (Å²) in [6.07, 6.45) is 8.07. The van der Waals surface area contributed by atoms with Crippen LogP contribution in [0.1, 0.15) is 51.4 Å². The number of carbonyl (C=O) groups is 1. The van der Waals surface area contributed by atoms with E-state index in [1.807, 2.05) is 5.43 Å². The van der Waals surface area contributed by atoms with Crippen LogP contribution in [0.2, 0.25) is 0 Å². The first-order valence-corrected chi connectivity index (χ1v) is 8.32. The molecule has 0 fully saturated rings. The first kappa shape index (κ1) is 19.4. The van der Waals surface area contributed by atoms with Crippen molar-refractivity contribution in [1.29, 1.82) is 0 Å². The highest BCUT2D eigenvalue weighted by Crippen LogP contribution is 2.07. The van der Waals surface area contributed by atoms with Gasteiger partial charge in [0.2, 0.25) is 0 Å². The zero-order valence-corrected chi connectivity index (χ0v) is 13.5. The van der Waals surface area contributed by atoms with E-state index in [9.17, 15) is 9.70 Å². The average Bonchev–Trinajstić information content (AvgIpc) is 2.44. The van der Waals surface area contributed by atoms with E-state index in [4.69, 9.17) is 23.2 Å². The number of alkyl halides is 2. The standard InChI is InChI=1S/C13H25Cl2N3O2/c14-9-5-1-3-7-11-18(13(19)16-17-20)12-8-4-2-6-10-15/h1-12H2,(H,16,19,20). The number of nitroso groups, excluding NO2 is 1. The Morgan fingerprint density at radius 1 is 0.850 bits per heavy atom. The first-order chi connectivity index (χ1) is 9.76. The van der Waals surface area contributed by atoms with Gasteiger partial charge in [-0.2, -0.15) is 5.43 Å². The van der Waals surface area contributed by atoms with E-state index < -0.39 is 6.03 Å². The normalized spacial score (nSPS) is 10.3. The Labute approximate surface area is 131 Å². The maximum Gasteiger partial charge on any atom is 0.340 e. The lowest BCUT2D eigenvalue weighted by Gasteiger charge is -2.21. The first-order valence-electron chi connectivity index (χ1n) is 7.25. The Bertz CT molecular complexity index is 242. The minimum Gasteiger partial charge on any atom is -0.323 e. The van der Waals surface area contributed by atoms with Gasteiger partial charge in [0.25, 0.3) is 0 Å². The molecule has 0 saturated heterocycles. The predicted molar refractivity (Wildman–Crippen MR) is 84.3 cm³/mol. The van der Waals surface area contributed by atoms with Gasteiger partial charge >= 0.3 is 6.03 Å². The van der Waals surface area contributed by atoms with Crippen LogP contribution in [0.5, 0.6) is 0 Å². The Morgan fingerprint density at radius 3 is 1.70 bits per heavy atom. The van der Waals surface area contributed by atoms with Gasteiger partial charge in [0.1, 0.15) is 0 Å². The second-order valence-corrected chi connectivity index (χ2v) is 5.46. The second kappa shape index (κ2) is 14.9. The van der Waals surface area contributed by atoms with Crippen LogP contribution in [-0.4, -0.2) is 35.8 Å². The van der Waals surface area contributed by atoms with E-state index in [2.05, 4.69) is 5.29 Å². The molecule has 0 aliphatic rings. The van der Waals surface area contributed by atoms with Gasteiger partial charge in [0.05, 0.1) is 5.29 Å². The number of carbonyl (C=O) groups excluding carboxylic acids is 1. The third-order valence-electron chi connectivity index (χ3n) is 3.05. The van der Waals surface area contributed by atoms with Crippen molar-refractivity contribution in [3.63, 3.8) is 0 Å². The van der Waals surface area contributed by atoms with Gasteiger partial charge in [0, 0.05) is 24.8 Å². The molecule has 0 aliphatic heterocycles. The zero-order chi connectivity index (χ0) is 15.1. The molecule has 0 bridgehead atoms. The minimum atomic E-state index is -0.408. The van der Waals surface area contributed by atoms with Crippen molar-refractivity contribution in [2.45, 2.75) is 51.4 Å². The van der Waals surface area contributed by atoms with Crippen molar-refractivity contribution < 1.29 is 4.79 Å². The van der Waals surface area contributed by atoms with Crippen LogP contribution >= 0.6 is 23.2 Å². The Kier molecular flexibility index (Phi) is 14.4. The molecule has 0 atom stereocenters. The SMILES string of the molecule is O=NNC(=O)N(CCCCCCCl)CCCCCCCl. The maximum atomic E-state index is 11.7. The van der Waals surface area contributed by atoms with Crippen molar-refractivity contribution in [3.8, 4) is 0 Å². The fraction of sp³-hybridized carbons (Fsp3) is 0.923. The topological polar surface area (TPSA) is 61.8 Å². The Hall–Kier alpha value is -0.550. The number of hydrogen-bond acceptors (Lipinski definition) is 3. The van der Waals surface area contributed by atoms with Gasteiger partial charge in [-0.25, -0.2) is 4.79 Å². The number of amides is 2. The van der Waals surface area contributed by atoms with Crippen molar-refractivity contribution in [2.75, 3.05) is 24.8 Å². The number of rotatable bonds is 13. The molecule has 118 valence electrons. The molecule has 7 heteroatoms. The molecule has 0 spiro atoms. The van der Waals surface area contributed by atoms with Gasteiger partial charge < -0.3 is 4.90 Å². The third kappa shape index (κ3) is 11.3. The largest absolute Gasteiger partial charge is 0.340 e. The van der Waals surface area contributed by atoms with Crippen LogP contribution < -0.4 is 5.43 Å². The predicted octanol–water partition coefficient (Wildman–Crippen LogP) is 4.28. The molecule has 5 nitrogen and oxygen atoms in total. The van der Waals surface area contributed by atoms with Crippen molar-refractivity contribution >= 4 is 29.2 Å². The van der Waals surface area contributed by atoms with Gasteiger partial charge in [-0.15, -0.1) is 28.1 Å². The molecule has 0 rings (SSSR count). The smallest absolute Gasteiger partial charge is 0.323 e. The fourth-order valence-corrected chi connectivity index (χ4v) is 2.30. The molecule has 0 aromatic carbocycles. The monoisotopic (exact) mass is 325 g/mol. The minimum absolute atomic E-state index is 0.408. The van der Waals surface area contributed by atoms with Crippen molar-refractivity contribution in [3.05, 3.63) is 4.91 Å². The fourth-order valence-electron chi connectivity index (χ4n) is 1.93. The van der Waals surface area contributed by atoms with Crippen molar-refractivity contribution in [2.24, 2.45) is 5.29 Å². The van der Waals surface area contributed by atoms with E-state index >= 15 is 0 Å². The lowest BCUT2D eigenvalue weighted by molar-refractivity contribution is 0.195. The third-order valence-corrected chi connectivity index (χ3v) is 3.59. The second-order valence-electron chi connectivity index (χ2n) is 4.70. The number of hydrogen-bond donors (Lipinski definition) is 1. The molecule has 0 radical (unpaired) electrons. The van der Waals surface area contributed by atoms with Gasteiger partial charge in [-0.1, -0.05) is 25.7 Å². The zero-order valence-electron chi connectivity index (χ0n) is 12.0. The molecular formula is C13H25Cl2N3O2. The summed E-state index contributed by atoms with van der Waals surface area (Å²) < 4.78 is 0. The number of unbranched alkanes of at least 4 members (excludes halogenated alkanes) is 6. The number of nitrogens with zero attached hydrogens (tertiary/aromatic N) is 2. The number of nitrogens with one attached hydrogen (secondary N) is 1. The summed E-state index contributed by atoms with van der Waals surface area (Å²) in [4.78, 5) is 23.4. The molecule has 0 aliphatic carbocycles. The van der Waals surface area contributed by atoms with Gasteiger partial charge in [0.15, 0.2) is 0 Å². The van der Waals surface area contributed by atoms with E-state index in [1.165, 1.54) is 0 Å². The Morgan fingerprint density at radius 2 is 1.30 bits per heavy atom.